The first-order valence-electron chi connectivity index (χ1n) is 7.56. The van der Waals surface area contributed by atoms with Gasteiger partial charge < -0.3 is 9.64 Å². The highest BCUT2D eigenvalue weighted by molar-refractivity contribution is 8.13. The first-order chi connectivity index (χ1) is 11.6. The van der Waals surface area contributed by atoms with Crippen LogP contribution in [-0.4, -0.2) is 35.0 Å². The van der Waals surface area contributed by atoms with E-state index in [-0.39, 0.29) is 11.8 Å². The lowest BCUT2D eigenvalue weighted by Crippen LogP contribution is -2.32. The van der Waals surface area contributed by atoms with E-state index in [0.717, 1.165) is 11.1 Å². The minimum atomic E-state index is -0.442. The lowest BCUT2D eigenvalue weighted by Gasteiger charge is -2.15. The average Bonchev–Trinajstić information content (AvgIpc) is 2.96. The number of rotatable bonds is 5. The van der Waals surface area contributed by atoms with Gasteiger partial charge in [-0.15, -0.1) is 0 Å². The molecule has 0 atom stereocenters. The highest BCUT2D eigenvalue weighted by Crippen LogP contribution is 2.26. The maximum Gasteiger partial charge on any atom is 0.331 e. The fourth-order valence-corrected chi connectivity index (χ4v) is 3.50. The summed E-state index contributed by atoms with van der Waals surface area (Å²) in [6, 6.07) is 15.1. The van der Waals surface area contributed by atoms with Gasteiger partial charge >= 0.3 is 5.97 Å². The van der Waals surface area contributed by atoms with E-state index in [0.29, 0.717) is 29.5 Å². The Labute approximate surface area is 149 Å². The fraction of sp³-hybridized carbons (Fsp3) is 0.222. The van der Waals surface area contributed by atoms with Crippen molar-refractivity contribution in [2.75, 3.05) is 18.8 Å². The van der Waals surface area contributed by atoms with E-state index in [1.54, 1.807) is 18.2 Å². The third kappa shape index (κ3) is 4.30. The molecule has 124 valence electrons. The molecule has 2 aromatic rings. The number of amides is 1. The molecule has 24 heavy (non-hydrogen) atoms. The van der Waals surface area contributed by atoms with Gasteiger partial charge in [-0.3, -0.25) is 4.79 Å². The summed E-state index contributed by atoms with van der Waals surface area (Å²) in [6.45, 7) is 0.551. The van der Waals surface area contributed by atoms with Crippen molar-refractivity contribution >= 4 is 34.6 Å². The largest absolute Gasteiger partial charge is 0.425 e. The zero-order valence-corrected chi connectivity index (χ0v) is 14.5. The van der Waals surface area contributed by atoms with Crippen LogP contribution in [0.15, 0.2) is 48.5 Å². The summed E-state index contributed by atoms with van der Waals surface area (Å²) in [5.41, 5.74) is 1.94. The summed E-state index contributed by atoms with van der Waals surface area (Å²) in [5.74, 6) is 0.752. The Balaban J connectivity index is 1.72. The van der Waals surface area contributed by atoms with E-state index < -0.39 is 5.97 Å². The number of hydrogen-bond acceptors (Lipinski definition) is 4. The van der Waals surface area contributed by atoms with Crippen LogP contribution in [0.2, 0.25) is 5.02 Å². The van der Waals surface area contributed by atoms with Gasteiger partial charge in [-0.25, -0.2) is 4.79 Å². The lowest BCUT2D eigenvalue weighted by atomic mass is 10.0. The Kier molecular flexibility index (Phi) is 5.43. The second-order valence-electron chi connectivity index (χ2n) is 5.42. The summed E-state index contributed by atoms with van der Waals surface area (Å²) in [7, 11) is 0. The summed E-state index contributed by atoms with van der Waals surface area (Å²) in [5, 5.41) is 0.513. The number of nitrogens with zero attached hydrogens (tertiary/aromatic N) is 1. The van der Waals surface area contributed by atoms with Crippen molar-refractivity contribution in [2.45, 2.75) is 6.42 Å². The molecule has 1 saturated heterocycles. The summed E-state index contributed by atoms with van der Waals surface area (Å²) >= 11 is 7.30. The van der Waals surface area contributed by atoms with Crippen LogP contribution in [0.25, 0.3) is 0 Å². The van der Waals surface area contributed by atoms with E-state index in [1.807, 2.05) is 30.3 Å². The maximum atomic E-state index is 12.1. The number of carbonyl (C=O) groups is 2. The van der Waals surface area contributed by atoms with Gasteiger partial charge in [-0.2, -0.15) is 0 Å². The topological polar surface area (TPSA) is 46.6 Å². The van der Waals surface area contributed by atoms with Crippen molar-refractivity contribution in [1.29, 1.82) is 0 Å². The second kappa shape index (κ2) is 7.73. The molecule has 0 saturated carbocycles. The Morgan fingerprint density at radius 2 is 2.00 bits per heavy atom. The zero-order chi connectivity index (χ0) is 16.9. The van der Waals surface area contributed by atoms with Crippen LogP contribution >= 0.6 is 23.4 Å². The Hall–Kier alpha value is -1.98. The van der Waals surface area contributed by atoms with Crippen LogP contribution in [0.1, 0.15) is 11.1 Å². The van der Waals surface area contributed by atoms with E-state index in [2.05, 4.69) is 0 Å². The Morgan fingerprint density at radius 3 is 2.71 bits per heavy atom. The SMILES string of the molecule is O=C(CN1CCSC1=O)Oc1ccc(Cl)cc1Cc1ccccc1. The number of esters is 1. The van der Waals surface area contributed by atoms with Crippen molar-refractivity contribution in [3.8, 4) is 5.75 Å². The quantitative estimate of drug-likeness (QED) is 0.596. The molecule has 1 aliphatic rings. The smallest absolute Gasteiger partial charge is 0.331 e. The summed E-state index contributed by atoms with van der Waals surface area (Å²) in [6.07, 6.45) is 0.614. The molecular formula is C18H16ClNO3S. The van der Waals surface area contributed by atoms with Crippen LogP contribution in [-0.2, 0) is 11.2 Å². The van der Waals surface area contributed by atoms with Gasteiger partial charge in [0.25, 0.3) is 5.24 Å². The molecule has 0 bridgehead atoms. The predicted molar refractivity (Wildman–Crippen MR) is 95.8 cm³/mol. The number of ether oxygens (including phenoxy) is 1. The third-order valence-corrected chi connectivity index (χ3v) is 4.78. The molecule has 0 aromatic heterocycles. The van der Waals surface area contributed by atoms with Gasteiger partial charge in [0.15, 0.2) is 0 Å². The predicted octanol–water partition coefficient (Wildman–Crippen LogP) is 4.01. The molecule has 0 spiro atoms. The Morgan fingerprint density at radius 1 is 1.21 bits per heavy atom. The minimum Gasteiger partial charge on any atom is -0.425 e. The molecule has 4 nitrogen and oxygen atoms in total. The molecule has 3 rings (SSSR count). The van der Waals surface area contributed by atoms with E-state index in [9.17, 15) is 9.59 Å². The number of hydrogen-bond donors (Lipinski definition) is 0. The molecule has 0 radical (unpaired) electrons. The average molecular weight is 362 g/mol. The first kappa shape index (κ1) is 16.9. The normalized spacial score (nSPS) is 14.0. The van der Waals surface area contributed by atoms with Crippen LogP contribution in [0.5, 0.6) is 5.75 Å². The highest BCUT2D eigenvalue weighted by Gasteiger charge is 2.24. The molecule has 2 aromatic carbocycles. The zero-order valence-electron chi connectivity index (χ0n) is 12.9. The molecule has 1 heterocycles. The number of benzene rings is 2. The minimum absolute atomic E-state index is 0.0285. The number of halogens is 1. The maximum absolute atomic E-state index is 12.1. The van der Waals surface area contributed by atoms with Gasteiger partial charge in [-0.05, 0) is 23.8 Å². The van der Waals surface area contributed by atoms with Crippen LogP contribution in [0.4, 0.5) is 4.79 Å². The number of carbonyl (C=O) groups excluding carboxylic acids is 2. The number of thioether (sulfide) groups is 1. The van der Waals surface area contributed by atoms with Crippen molar-refractivity contribution in [2.24, 2.45) is 0 Å². The molecule has 1 amide bonds. The molecule has 6 heteroatoms. The Bertz CT molecular complexity index is 751. The van der Waals surface area contributed by atoms with Crippen molar-refractivity contribution < 1.29 is 14.3 Å². The highest BCUT2D eigenvalue weighted by atomic mass is 35.5. The third-order valence-electron chi connectivity index (χ3n) is 3.65. The van der Waals surface area contributed by atoms with Gasteiger partial charge in [0.1, 0.15) is 12.3 Å². The van der Waals surface area contributed by atoms with Crippen LogP contribution in [0.3, 0.4) is 0 Å². The second-order valence-corrected chi connectivity index (χ2v) is 6.91. The van der Waals surface area contributed by atoms with E-state index in [4.69, 9.17) is 16.3 Å². The van der Waals surface area contributed by atoms with E-state index >= 15 is 0 Å². The molecule has 0 N–H and O–H groups in total. The molecule has 1 fully saturated rings. The van der Waals surface area contributed by atoms with Crippen molar-refractivity contribution in [1.82, 2.24) is 4.90 Å². The molecule has 1 aliphatic heterocycles. The monoisotopic (exact) mass is 361 g/mol. The standard InChI is InChI=1S/C18H16ClNO3S/c19-15-6-7-16(14(11-15)10-13-4-2-1-3-5-13)23-17(21)12-20-8-9-24-18(20)22/h1-7,11H,8-10,12H2. The van der Waals surface area contributed by atoms with Gasteiger partial charge in [0.2, 0.25) is 0 Å². The lowest BCUT2D eigenvalue weighted by molar-refractivity contribution is -0.134. The van der Waals surface area contributed by atoms with Crippen molar-refractivity contribution in [3.05, 3.63) is 64.7 Å². The summed E-state index contributed by atoms with van der Waals surface area (Å²) < 4.78 is 5.48. The molecular weight excluding hydrogens is 346 g/mol. The van der Waals surface area contributed by atoms with E-state index in [1.165, 1.54) is 16.7 Å². The first-order valence-corrected chi connectivity index (χ1v) is 8.93. The fourth-order valence-electron chi connectivity index (χ4n) is 2.48. The van der Waals surface area contributed by atoms with Crippen LogP contribution in [0, 0.1) is 0 Å². The van der Waals surface area contributed by atoms with Crippen molar-refractivity contribution in [3.63, 3.8) is 0 Å². The van der Waals surface area contributed by atoms with Crippen LogP contribution < -0.4 is 4.74 Å². The summed E-state index contributed by atoms with van der Waals surface area (Å²) in [4.78, 5) is 25.2. The molecule has 0 unspecified atom stereocenters. The van der Waals surface area contributed by atoms with Gasteiger partial charge in [0, 0.05) is 29.3 Å². The van der Waals surface area contributed by atoms with Gasteiger partial charge in [-0.1, -0.05) is 53.7 Å². The van der Waals surface area contributed by atoms with Gasteiger partial charge in [0.05, 0.1) is 0 Å². The molecule has 0 aliphatic carbocycles.